The molecule has 4 heteroatoms. The highest BCUT2D eigenvalue weighted by Crippen LogP contribution is 2.21. The Morgan fingerprint density at radius 2 is 1.95 bits per heavy atom. The summed E-state index contributed by atoms with van der Waals surface area (Å²) in [7, 11) is 0. The molecule has 0 saturated carbocycles. The summed E-state index contributed by atoms with van der Waals surface area (Å²) in [4.78, 5) is 11.0. The summed E-state index contributed by atoms with van der Waals surface area (Å²) in [6, 6.07) is 9.05. The van der Waals surface area contributed by atoms with Crippen LogP contribution in [0.1, 0.15) is 25.8 Å². The average Bonchev–Trinajstić information content (AvgIpc) is 2.44. The van der Waals surface area contributed by atoms with Crippen LogP contribution in [0.3, 0.4) is 0 Å². The summed E-state index contributed by atoms with van der Waals surface area (Å²) in [5.74, 6) is 0.522. The first-order chi connectivity index (χ1) is 9.93. The minimum absolute atomic E-state index is 0.161. The molecule has 3 atom stereocenters. The van der Waals surface area contributed by atoms with Gasteiger partial charge in [-0.15, -0.1) is 6.58 Å². The molecule has 116 valence electrons. The van der Waals surface area contributed by atoms with Crippen molar-refractivity contribution in [1.29, 1.82) is 0 Å². The third-order valence-electron chi connectivity index (χ3n) is 3.74. The monoisotopic (exact) mass is 291 g/mol. The molecule has 1 aromatic rings. The number of carboxylic acid groups (broad SMARTS) is 1. The summed E-state index contributed by atoms with van der Waals surface area (Å²) < 4.78 is 0. The predicted octanol–water partition coefficient (Wildman–Crippen LogP) is 3.07. The minimum Gasteiger partial charge on any atom is -0.465 e. The molecule has 0 aliphatic rings. The van der Waals surface area contributed by atoms with Gasteiger partial charge in [-0.3, -0.25) is 0 Å². The molecule has 3 N–H and O–H groups in total. The van der Waals surface area contributed by atoms with E-state index in [-0.39, 0.29) is 5.92 Å². The lowest BCUT2D eigenvalue weighted by atomic mass is 9.87. The summed E-state index contributed by atoms with van der Waals surface area (Å²) in [5.41, 5.74) is 0.995. The van der Waals surface area contributed by atoms with Gasteiger partial charge in [-0.05, 0) is 30.2 Å². The molecule has 0 saturated heterocycles. The number of allylic oxidation sites excluding steroid dienone is 1. The number of rotatable bonds is 8. The summed E-state index contributed by atoms with van der Waals surface area (Å²) in [6.45, 7) is 7.92. The van der Waals surface area contributed by atoms with Crippen LogP contribution in [0.5, 0.6) is 0 Å². The highest BCUT2D eigenvalue weighted by atomic mass is 16.4. The Kier molecular flexibility index (Phi) is 6.96. The van der Waals surface area contributed by atoms with Crippen molar-refractivity contribution < 1.29 is 15.0 Å². The Morgan fingerprint density at radius 1 is 1.33 bits per heavy atom. The molecule has 0 radical (unpaired) electrons. The van der Waals surface area contributed by atoms with Crippen molar-refractivity contribution >= 4 is 6.09 Å². The normalized spacial score (nSPS) is 15.2. The van der Waals surface area contributed by atoms with Crippen LogP contribution < -0.4 is 5.32 Å². The van der Waals surface area contributed by atoms with Crippen molar-refractivity contribution in [2.75, 3.05) is 0 Å². The highest BCUT2D eigenvalue weighted by molar-refractivity contribution is 5.65. The molecule has 0 aromatic heterocycles. The number of amides is 1. The van der Waals surface area contributed by atoms with Gasteiger partial charge in [0.05, 0.1) is 12.1 Å². The number of aliphatic hydroxyl groups is 1. The van der Waals surface area contributed by atoms with Crippen LogP contribution in [0.25, 0.3) is 0 Å². The van der Waals surface area contributed by atoms with Crippen molar-refractivity contribution in [3.63, 3.8) is 0 Å². The molecule has 0 spiro atoms. The molecule has 1 rings (SSSR count). The molecule has 21 heavy (non-hydrogen) atoms. The Labute approximate surface area is 126 Å². The number of carbonyl (C=O) groups is 1. The largest absolute Gasteiger partial charge is 0.465 e. The zero-order valence-electron chi connectivity index (χ0n) is 12.7. The van der Waals surface area contributed by atoms with Crippen LogP contribution in [0.2, 0.25) is 0 Å². The van der Waals surface area contributed by atoms with Crippen molar-refractivity contribution in [3.05, 3.63) is 48.6 Å². The van der Waals surface area contributed by atoms with E-state index >= 15 is 0 Å². The maximum atomic E-state index is 11.0. The van der Waals surface area contributed by atoms with Gasteiger partial charge in [0, 0.05) is 0 Å². The molecule has 1 amide bonds. The zero-order chi connectivity index (χ0) is 15.8. The molecule has 1 aromatic carbocycles. The number of aliphatic hydroxyl groups excluding tert-OH is 1. The number of benzene rings is 1. The maximum Gasteiger partial charge on any atom is 0.404 e. The fourth-order valence-electron chi connectivity index (χ4n) is 2.39. The second-order valence-corrected chi connectivity index (χ2v) is 5.69. The SMILES string of the molecule is C=C[C@@H](C[C@H](O)[C@H](Cc1ccccc1)NC(=O)O)C(C)C. The summed E-state index contributed by atoms with van der Waals surface area (Å²) >= 11 is 0. The summed E-state index contributed by atoms with van der Waals surface area (Å²) in [5, 5.41) is 21.8. The first-order valence-corrected chi connectivity index (χ1v) is 7.28. The van der Waals surface area contributed by atoms with E-state index < -0.39 is 18.2 Å². The van der Waals surface area contributed by atoms with E-state index in [2.05, 4.69) is 25.7 Å². The summed E-state index contributed by atoms with van der Waals surface area (Å²) in [6.07, 6.45) is 0.935. The smallest absolute Gasteiger partial charge is 0.404 e. The first kappa shape index (κ1) is 17.2. The van der Waals surface area contributed by atoms with Gasteiger partial charge in [-0.25, -0.2) is 4.79 Å². The molecule has 0 fully saturated rings. The van der Waals surface area contributed by atoms with E-state index in [4.69, 9.17) is 5.11 Å². The fraction of sp³-hybridized carbons (Fsp3) is 0.471. The van der Waals surface area contributed by atoms with E-state index in [0.717, 1.165) is 5.56 Å². The molecule has 0 bridgehead atoms. The van der Waals surface area contributed by atoms with E-state index in [1.807, 2.05) is 36.4 Å². The quantitative estimate of drug-likeness (QED) is 0.645. The number of nitrogens with one attached hydrogen (secondary N) is 1. The van der Waals surface area contributed by atoms with Crippen molar-refractivity contribution in [3.8, 4) is 0 Å². The standard InChI is InChI=1S/C17H25NO3/c1-4-14(12(2)3)11-16(19)15(18-17(20)21)10-13-8-6-5-7-9-13/h4-9,12,14-16,18-19H,1,10-11H2,2-3H3,(H,20,21)/t14-,15-,16-/m0/s1. The Morgan fingerprint density at radius 3 is 2.43 bits per heavy atom. The van der Waals surface area contributed by atoms with Crippen LogP contribution in [0.15, 0.2) is 43.0 Å². The molecule has 0 aliphatic heterocycles. The van der Waals surface area contributed by atoms with Crippen molar-refractivity contribution in [2.24, 2.45) is 11.8 Å². The highest BCUT2D eigenvalue weighted by Gasteiger charge is 2.25. The molecular formula is C17H25NO3. The predicted molar refractivity (Wildman–Crippen MR) is 84.2 cm³/mol. The van der Waals surface area contributed by atoms with Gasteiger partial charge < -0.3 is 15.5 Å². The first-order valence-electron chi connectivity index (χ1n) is 7.28. The van der Waals surface area contributed by atoms with E-state index in [9.17, 15) is 9.90 Å². The van der Waals surface area contributed by atoms with Gasteiger partial charge >= 0.3 is 6.09 Å². The average molecular weight is 291 g/mol. The van der Waals surface area contributed by atoms with Gasteiger partial charge in [0.15, 0.2) is 0 Å². The Bertz CT molecular complexity index is 445. The lowest BCUT2D eigenvalue weighted by molar-refractivity contribution is 0.0957. The molecule has 0 heterocycles. The van der Waals surface area contributed by atoms with Gasteiger partial charge in [0.1, 0.15) is 0 Å². The van der Waals surface area contributed by atoms with Crippen LogP contribution in [0.4, 0.5) is 4.79 Å². The lowest BCUT2D eigenvalue weighted by Crippen LogP contribution is -2.45. The second kappa shape index (κ2) is 8.47. The number of hydrogen-bond donors (Lipinski definition) is 3. The molecular weight excluding hydrogens is 266 g/mol. The van der Waals surface area contributed by atoms with E-state index in [1.54, 1.807) is 0 Å². The third-order valence-corrected chi connectivity index (χ3v) is 3.74. The fourth-order valence-corrected chi connectivity index (χ4v) is 2.39. The Balaban J connectivity index is 2.76. The third kappa shape index (κ3) is 6.00. The van der Waals surface area contributed by atoms with Crippen molar-refractivity contribution in [1.82, 2.24) is 5.32 Å². The van der Waals surface area contributed by atoms with Gasteiger partial charge in [0.25, 0.3) is 0 Å². The van der Waals surface area contributed by atoms with Crippen molar-refractivity contribution in [2.45, 2.75) is 38.8 Å². The second-order valence-electron chi connectivity index (χ2n) is 5.69. The van der Waals surface area contributed by atoms with Crippen LogP contribution in [-0.2, 0) is 6.42 Å². The maximum absolute atomic E-state index is 11.0. The molecule has 0 aliphatic carbocycles. The number of hydrogen-bond acceptors (Lipinski definition) is 2. The van der Waals surface area contributed by atoms with Crippen LogP contribution in [-0.4, -0.2) is 28.5 Å². The minimum atomic E-state index is -1.12. The van der Waals surface area contributed by atoms with Gasteiger partial charge in [-0.1, -0.05) is 50.3 Å². The zero-order valence-corrected chi connectivity index (χ0v) is 12.7. The molecule has 4 nitrogen and oxygen atoms in total. The molecule has 0 unspecified atom stereocenters. The van der Waals surface area contributed by atoms with E-state index in [0.29, 0.717) is 18.8 Å². The lowest BCUT2D eigenvalue weighted by Gasteiger charge is -2.27. The Hall–Kier alpha value is -1.81. The van der Waals surface area contributed by atoms with E-state index in [1.165, 1.54) is 0 Å². The van der Waals surface area contributed by atoms with Crippen LogP contribution >= 0.6 is 0 Å². The van der Waals surface area contributed by atoms with Gasteiger partial charge in [0.2, 0.25) is 0 Å². The van der Waals surface area contributed by atoms with Crippen LogP contribution in [0, 0.1) is 11.8 Å². The van der Waals surface area contributed by atoms with Gasteiger partial charge in [-0.2, -0.15) is 0 Å². The topological polar surface area (TPSA) is 69.6 Å².